The molecule has 0 bridgehead atoms. The molecule has 3 fully saturated rings. The van der Waals surface area contributed by atoms with Gasteiger partial charge in [0.25, 0.3) is 11.8 Å². The molecule has 0 spiro atoms. The van der Waals surface area contributed by atoms with Gasteiger partial charge in [0.2, 0.25) is 0 Å². The maximum Gasteiger partial charge on any atom is 0.322 e. The zero-order valence-electron chi connectivity index (χ0n) is 22.2. The predicted molar refractivity (Wildman–Crippen MR) is 148 cm³/mol. The number of urea groups is 1. The number of pyridine rings is 1. The second-order valence-corrected chi connectivity index (χ2v) is 10.4. The average Bonchev–Trinajstić information content (AvgIpc) is 2.99. The van der Waals surface area contributed by atoms with Crippen LogP contribution in [0.15, 0.2) is 42.7 Å². The van der Waals surface area contributed by atoms with Crippen LogP contribution in [0.1, 0.15) is 46.4 Å². The first-order valence-electron chi connectivity index (χ1n) is 13.8. The molecule has 2 aromatic rings. The van der Waals surface area contributed by atoms with Gasteiger partial charge in [0.15, 0.2) is 0 Å². The molecule has 5 rings (SSSR count). The smallest absolute Gasteiger partial charge is 0.322 e. The van der Waals surface area contributed by atoms with Crippen molar-refractivity contribution in [2.24, 2.45) is 5.73 Å². The standard InChI is InChI=1S/C28H37N7O4/c29-22-4-6-23(7-5-22)31-26(36)20-3-8-25(24(18-20)32-28(38)35-14-16-39-17-15-35)33-10-12-34(13-11-33)27(37)21-2-1-9-30-19-21/h1-3,8-9,18-19,22-23H,4-7,10-17,29H2,(H,31,36)(H,32,38). The van der Waals surface area contributed by atoms with E-state index in [1.807, 2.05) is 11.0 Å². The summed E-state index contributed by atoms with van der Waals surface area (Å²) in [6.45, 7) is 4.30. The summed E-state index contributed by atoms with van der Waals surface area (Å²) >= 11 is 0. The van der Waals surface area contributed by atoms with Gasteiger partial charge in [-0.25, -0.2) is 4.79 Å². The summed E-state index contributed by atoms with van der Waals surface area (Å²) in [6, 6.07) is 9.07. The van der Waals surface area contributed by atoms with Crippen LogP contribution in [0.3, 0.4) is 0 Å². The van der Waals surface area contributed by atoms with E-state index in [4.69, 9.17) is 10.5 Å². The van der Waals surface area contributed by atoms with Crippen LogP contribution in [0.5, 0.6) is 0 Å². The van der Waals surface area contributed by atoms with Gasteiger partial charge in [-0.05, 0) is 56.0 Å². The highest BCUT2D eigenvalue weighted by Crippen LogP contribution is 2.29. The van der Waals surface area contributed by atoms with Crippen molar-refractivity contribution < 1.29 is 19.1 Å². The predicted octanol–water partition coefficient (Wildman–Crippen LogP) is 1.91. The van der Waals surface area contributed by atoms with Gasteiger partial charge < -0.3 is 35.8 Å². The van der Waals surface area contributed by atoms with Crippen molar-refractivity contribution >= 4 is 29.2 Å². The van der Waals surface area contributed by atoms with E-state index < -0.39 is 0 Å². The van der Waals surface area contributed by atoms with E-state index in [0.717, 1.165) is 31.4 Å². The van der Waals surface area contributed by atoms with E-state index in [2.05, 4.69) is 20.5 Å². The number of piperazine rings is 1. The molecule has 4 N–H and O–H groups in total. The third-order valence-electron chi connectivity index (χ3n) is 7.72. The number of benzene rings is 1. The Labute approximate surface area is 228 Å². The lowest BCUT2D eigenvalue weighted by atomic mass is 9.91. The first-order valence-corrected chi connectivity index (χ1v) is 13.8. The highest BCUT2D eigenvalue weighted by Gasteiger charge is 2.26. The summed E-state index contributed by atoms with van der Waals surface area (Å²) in [6.07, 6.45) is 6.77. The molecule has 2 saturated heterocycles. The van der Waals surface area contributed by atoms with Crippen molar-refractivity contribution in [1.29, 1.82) is 0 Å². The first kappa shape index (κ1) is 26.9. The van der Waals surface area contributed by atoms with Crippen molar-refractivity contribution in [1.82, 2.24) is 20.1 Å². The third kappa shape index (κ3) is 6.66. The minimum atomic E-state index is -0.219. The van der Waals surface area contributed by atoms with Gasteiger partial charge in [-0.2, -0.15) is 0 Å². The van der Waals surface area contributed by atoms with Gasteiger partial charge in [-0.3, -0.25) is 14.6 Å². The van der Waals surface area contributed by atoms with Crippen LogP contribution in [0, 0.1) is 0 Å². The van der Waals surface area contributed by atoms with E-state index >= 15 is 0 Å². The molecule has 39 heavy (non-hydrogen) atoms. The molecule has 11 nitrogen and oxygen atoms in total. The lowest BCUT2D eigenvalue weighted by Crippen LogP contribution is -2.49. The minimum absolute atomic E-state index is 0.0423. The molecular formula is C28H37N7O4. The molecule has 1 saturated carbocycles. The van der Waals surface area contributed by atoms with Crippen LogP contribution in [-0.4, -0.2) is 97.2 Å². The molecule has 1 aliphatic carbocycles. The molecule has 208 valence electrons. The van der Waals surface area contributed by atoms with Crippen molar-refractivity contribution in [3.05, 3.63) is 53.9 Å². The molecule has 0 unspecified atom stereocenters. The van der Waals surface area contributed by atoms with Crippen molar-refractivity contribution in [2.45, 2.75) is 37.8 Å². The van der Waals surface area contributed by atoms with Crippen LogP contribution in [0.25, 0.3) is 0 Å². The number of nitrogens with one attached hydrogen (secondary N) is 2. The number of carbonyl (C=O) groups excluding carboxylic acids is 3. The summed E-state index contributed by atoms with van der Waals surface area (Å²) < 4.78 is 5.38. The number of hydrogen-bond acceptors (Lipinski definition) is 7. The van der Waals surface area contributed by atoms with E-state index in [1.54, 1.807) is 41.6 Å². The largest absolute Gasteiger partial charge is 0.378 e. The zero-order chi connectivity index (χ0) is 27.2. The highest BCUT2D eigenvalue weighted by molar-refractivity contribution is 6.00. The van der Waals surface area contributed by atoms with Gasteiger partial charge in [-0.1, -0.05) is 0 Å². The van der Waals surface area contributed by atoms with Gasteiger partial charge in [-0.15, -0.1) is 0 Å². The van der Waals surface area contributed by atoms with Gasteiger partial charge in [0.1, 0.15) is 0 Å². The fraction of sp³-hybridized carbons (Fsp3) is 0.500. The Morgan fingerprint density at radius 1 is 0.897 bits per heavy atom. The third-order valence-corrected chi connectivity index (χ3v) is 7.72. The molecule has 0 atom stereocenters. The number of aromatic nitrogens is 1. The van der Waals surface area contributed by atoms with E-state index in [0.29, 0.717) is 69.3 Å². The number of rotatable bonds is 5. The quantitative estimate of drug-likeness (QED) is 0.533. The number of morpholine rings is 1. The SMILES string of the molecule is NC1CCC(NC(=O)c2ccc(N3CCN(C(=O)c4cccnc4)CC3)c(NC(=O)N3CCOCC3)c2)CC1. The Kier molecular flexibility index (Phi) is 8.58. The van der Waals surface area contributed by atoms with Crippen LogP contribution in [0.2, 0.25) is 0 Å². The minimum Gasteiger partial charge on any atom is -0.378 e. The molecule has 3 heterocycles. The van der Waals surface area contributed by atoms with Crippen LogP contribution in [0.4, 0.5) is 16.2 Å². The summed E-state index contributed by atoms with van der Waals surface area (Å²) in [4.78, 5) is 48.8. The molecule has 1 aromatic carbocycles. The second-order valence-electron chi connectivity index (χ2n) is 10.4. The number of nitrogens with two attached hydrogens (primary N) is 1. The molecule has 2 aliphatic heterocycles. The van der Waals surface area contributed by atoms with Crippen molar-refractivity contribution in [3.63, 3.8) is 0 Å². The molecule has 0 radical (unpaired) electrons. The molecule has 4 amide bonds. The maximum atomic E-state index is 13.1. The van der Waals surface area contributed by atoms with Crippen LogP contribution >= 0.6 is 0 Å². The van der Waals surface area contributed by atoms with E-state index in [1.165, 1.54) is 0 Å². The van der Waals surface area contributed by atoms with E-state index in [-0.39, 0.29) is 29.9 Å². The highest BCUT2D eigenvalue weighted by atomic mass is 16.5. The monoisotopic (exact) mass is 535 g/mol. The summed E-state index contributed by atoms with van der Waals surface area (Å²) in [5, 5.41) is 6.18. The zero-order valence-corrected chi connectivity index (χ0v) is 22.2. The Morgan fingerprint density at radius 2 is 1.64 bits per heavy atom. The van der Waals surface area contributed by atoms with Crippen molar-refractivity contribution in [2.75, 3.05) is 62.7 Å². The summed E-state index contributed by atoms with van der Waals surface area (Å²) in [5.74, 6) is -0.199. The fourth-order valence-corrected chi connectivity index (χ4v) is 5.37. The van der Waals surface area contributed by atoms with Crippen LogP contribution < -0.4 is 21.3 Å². The number of nitrogens with zero attached hydrogens (tertiary/aromatic N) is 4. The van der Waals surface area contributed by atoms with Crippen molar-refractivity contribution in [3.8, 4) is 0 Å². The summed E-state index contributed by atoms with van der Waals surface area (Å²) in [5.41, 5.74) is 8.49. The lowest BCUT2D eigenvalue weighted by Gasteiger charge is -2.37. The number of hydrogen-bond donors (Lipinski definition) is 3. The van der Waals surface area contributed by atoms with Gasteiger partial charge in [0.05, 0.1) is 30.2 Å². The van der Waals surface area contributed by atoms with Gasteiger partial charge in [0, 0.05) is 69.3 Å². The first-order chi connectivity index (χ1) is 19.0. The molecular weight excluding hydrogens is 498 g/mol. The fourth-order valence-electron chi connectivity index (χ4n) is 5.37. The Bertz CT molecular complexity index is 1160. The number of anilines is 2. The van der Waals surface area contributed by atoms with E-state index in [9.17, 15) is 14.4 Å². The number of ether oxygens (including phenoxy) is 1. The number of carbonyl (C=O) groups is 3. The summed E-state index contributed by atoms with van der Waals surface area (Å²) in [7, 11) is 0. The number of amides is 4. The average molecular weight is 536 g/mol. The Hall–Kier alpha value is -3.70. The van der Waals surface area contributed by atoms with Crippen LogP contribution in [-0.2, 0) is 4.74 Å². The Morgan fingerprint density at radius 3 is 2.33 bits per heavy atom. The second kappa shape index (κ2) is 12.4. The maximum absolute atomic E-state index is 13.1. The van der Waals surface area contributed by atoms with Gasteiger partial charge >= 0.3 is 6.03 Å². The lowest BCUT2D eigenvalue weighted by molar-refractivity contribution is 0.0564. The molecule has 3 aliphatic rings. The molecule has 11 heteroatoms. The normalized spacial score (nSPS) is 21.8. The molecule has 1 aromatic heterocycles. The topological polar surface area (TPSA) is 133 Å². The Balaban J connectivity index is 1.30.